The van der Waals surface area contributed by atoms with Crippen molar-refractivity contribution in [2.75, 3.05) is 0 Å². The Hall–Kier alpha value is -1.85. The molecule has 5 aliphatic carbocycles. The van der Waals surface area contributed by atoms with Crippen LogP contribution in [0.25, 0.3) is 0 Å². The molecule has 0 radical (unpaired) electrons. The fourth-order valence-electron chi connectivity index (χ4n) is 11.5. The first-order valence-corrected chi connectivity index (χ1v) is 16.6. The number of carboxylic acids is 2. The maximum Gasteiger partial charge on any atom is 0.313 e. The highest BCUT2D eigenvalue weighted by atomic mass is 16.5. The molecule has 0 saturated heterocycles. The maximum atomic E-state index is 12.9. The fraction of sp³-hybridized carbons (Fsp3) is 0.861. The van der Waals surface area contributed by atoms with E-state index in [1.807, 2.05) is 0 Å². The van der Waals surface area contributed by atoms with Crippen LogP contribution in [0.1, 0.15) is 133 Å². The topological polar surface area (TPSA) is 101 Å². The van der Waals surface area contributed by atoms with Crippen LogP contribution >= 0.6 is 0 Å². The molecule has 0 bridgehead atoms. The van der Waals surface area contributed by atoms with Gasteiger partial charge in [-0.25, -0.2) is 0 Å². The third-order valence-corrected chi connectivity index (χ3v) is 14.4. The van der Waals surface area contributed by atoms with E-state index in [0.717, 1.165) is 64.2 Å². The summed E-state index contributed by atoms with van der Waals surface area (Å²) in [6.45, 7) is 19.8. The molecule has 2 N–H and O–H groups in total. The van der Waals surface area contributed by atoms with Crippen molar-refractivity contribution in [3.05, 3.63) is 11.6 Å². The SMILES string of the molecule is CC1(C)C=C2[C@H]3CC[C@@H]4[C@@]5(C)CC[C@H](OC(=O)CC(C)(C)C(=O)O)C(C)(C)[C@@H]5CC[C@@]4(C)[C@]3(C)CC[C@@]2(C(=O)O)CC1. The average Bonchev–Trinajstić information content (AvgIpc) is 2.85. The van der Waals surface area contributed by atoms with E-state index in [2.05, 4.69) is 54.5 Å². The zero-order valence-corrected chi connectivity index (χ0v) is 27.7. The molecule has 0 aromatic carbocycles. The number of allylic oxidation sites excluding steroid dienone is 1. The summed E-state index contributed by atoms with van der Waals surface area (Å²) in [4.78, 5) is 37.4. The van der Waals surface area contributed by atoms with Crippen molar-refractivity contribution < 1.29 is 29.3 Å². The van der Waals surface area contributed by atoms with Crippen molar-refractivity contribution in [3.63, 3.8) is 0 Å². The van der Waals surface area contributed by atoms with Gasteiger partial charge in [0.15, 0.2) is 0 Å². The summed E-state index contributed by atoms with van der Waals surface area (Å²) in [7, 11) is 0. The Morgan fingerprint density at radius 3 is 2.07 bits per heavy atom. The molecule has 0 spiro atoms. The highest BCUT2D eigenvalue weighted by Crippen LogP contribution is 2.76. The molecule has 5 aliphatic rings. The van der Waals surface area contributed by atoms with Gasteiger partial charge in [-0.3, -0.25) is 14.4 Å². The van der Waals surface area contributed by atoms with Crippen LogP contribution in [0, 0.1) is 55.7 Å². The molecule has 0 unspecified atom stereocenters. The van der Waals surface area contributed by atoms with Crippen LogP contribution < -0.4 is 0 Å². The zero-order chi connectivity index (χ0) is 31.3. The third kappa shape index (κ3) is 4.34. The second-order valence-electron chi connectivity index (χ2n) is 17.8. The molecule has 0 aromatic rings. The number of ether oxygens (including phenoxy) is 1. The molecule has 0 aliphatic heterocycles. The smallest absolute Gasteiger partial charge is 0.313 e. The van der Waals surface area contributed by atoms with Crippen molar-refractivity contribution in [2.45, 2.75) is 139 Å². The van der Waals surface area contributed by atoms with E-state index in [0.29, 0.717) is 17.8 Å². The Morgan fingerprint density at radius 1 is 0.810 bits per heavy atom. The fourth-order valence-corrected chi connectivity index (χ4v) is 11.5. The van der Waals surface area contributed by atoms with Crippen molar-refractivity contribution in [3.8, 4) is 0 Å². The Labute approximate surface area is 253 Å². The Kier molecular flexibility index (Phi) is 7.20. The van der Waals surface area contributed by atoms with E-state index in [-0.39, 0.29) is 39.6 Å². The van der Waals surface area contributed by atoms with E-state index >= 15 is 0 Å². The number of aliphatic carboxylic acids is 2. The maximum absolute atomic E-state index is 12.9. The molecule has 0 heterocycles. The molecule has 0 aromatic heterocycles. The minimum absolute atomic E-state index is 0.0352. The van der Waals surface area contributed by atoms with Crippen LogP contribution in [-0.4, -0.2) is 34.2 Å². The average molecular weight is 585 g/mol. The van der Waals surface area contributed by atoms with Gasteiger partial charge >= 0.3 is 17.9 Å². The third-order valence-electron chi connectivity index (χ3n) is 14.4. The number of carbonyl (C=O) groups is 3. The lowest BCUT2D eigenvalue weighted by Crippen LogP contribution is -2.66. The van der Waals surface area contributed by atoms with Gasteiger partial charge in [-0.05, 0) is 117 Å². The van der Waals surface area contributed by atoms with Crippen LogP contribution in [0.4, 0.5) is 0 Å². The number of esters is 1. The van der Waals surface area contributed by atoms with Crippen molar-refractivity contribution in [1.82, 2.24) is 0 Å². The highest BCUT2D eigenvalue weighted by Gasteiger charge is 2.70. The lowest BCUT2D eigenvalue weighted by Gasteiger charge is -2.72. The molecule has 4 fully saturated rings. The quantitative estimate of drug-likeness (QED) is 0.249. The van der Waals surface area contributed by atoms with Crippen LogP contribution in [0.2, 0.25) is 0 Å². The van der Waals surface area contributed by atoms with Crippen LogP contribution in [0.5, 0.6) is 0 Å². The van der Waals surface area contributed by atoms with Gasteiger partial charge in [-0.2, -0.15) is 0 Å². The first kappa shape index (κ1) is 31.6. The molecule has 6 heteroatoms. The van der Waals surface area contributed by atoms with Gasteiger partial charge < -0.3 is 14.9 Å². The molecule has 42 heavy (non-hydrogen) atoms. The van der Waals surface area contributed by atoms with Gasteiger partial charge in [-0.15, -0.1) is 0 Å². The van der Waals surface area contributed by atoms with E-state index < -0.39 is 28.7 Å². The molecular formula is C36H56O6. The lowest BCUT2D eigenvalue weighted by molar-refractivity contribution is -0.234. The normalized spacial score (nSPS) is 43.9. The van der Waals surface area contributed by atoms with E-state index in [1.54, 1.807) is 13.8 Å². The number of carbonyl (C=O) groups excluding carboxylic acids is 1. The molecule has 6 nitrogen and oxygen atoms in total. The second kappa shape index (κ2) is 9.57. The zero-order valence-electron chi connectivity index (χ0n) is 27.7. The molecular weight excluding hydrogens is 528 g/mol. The first-order chi connectivity index (χ1) is 19.2. The number of carboxylic acid groups (broad SMARTS) is 2. The van der Waals surface area contributed by atoms with E-state index in [4.69, 9.17) is 4.74 Å². The van der Waals surface area contributed by atoms with Gasteiger partial charge in [0.1, 0.15) is 6.10 Å². The number of hydrogen-bond acceptors (Lipinski definition) is 4. The summed E-state index contributed by atoms with van der Waals surface area (Å²) in [5.41, 5.74) is -0.502. The summed E-state index contributed by atoms with van der Waals surface area (Å²) in [5, 5.41) is 20.1. The monoisotopic (exact) mass is 584 g/mol. The van der Waals surface area contributed by atoms with Crippen LogP contribution in [0.15, 0.2) is 11.6 Å². The number of fused-ring (bicyclic) bond motifs is 7. The Bertz CT molecular complexity index is 1200. The summed E-state index contributed by atoms with van der Waals surface area (Å²) >= 11 is 0. The minimum atomic E-state index is -1.15. The molecule has 8 atom stereocenters. The highest BCUT2D eigenvalue weighted by molar-refractivity contribution is 5.81. The summed E-state index contributed by atoms with van der Waals surface area (Å²) in [6, 6.07) is 0. The predicted octanol–water partition coefficient (Wildman–Crippen LogP) is 8.29. The van der Waals surface area contributed by atoms with E-state index in [1.165, 1.54) is 5.57 Å². The number of hydrogen-bond donors (Lipinski definition) is 2. The van der Waals surface area contributed by atoms with Gasteiger partial charge in [0.25, 0.3) is 0 Å². The predicted molar refractivity (Wildman–Crippen MR) is 163 cm³/mol. The van der Waals surface area contributed by atoms with Crippen molar-refractivity contribution >= 4 is 17.9 Å². The van der Waals surface area contributed by atoms with Crippen LogP contribution in [-0.2, 0) is 19.1 Å². The molecule has 5 rings (SSSR count). The van der Waals surface area contributed by atoms with Gasteiger partial charge in [0.05, 0.1) is 17.3 Å². The van der Waals surface area contributed by atoms with E-state index in [9.17, 15) is 24.6 Å². The van der Waals surface area contributed by atoms with Crippen molar-refractivity contribution in [1.29, 1.82) is 0 Å². The van der Waals surface area contributed by atoms with Gasteiger partial charge in [0.2, 0.25) is 0 Å². The van der Waals surface area contributed by atoms with Gasteiger partial charge in [-0.1, -0.05) is 60.1 Å². The first-order valence-electron chi connectivity index (χ1n) is 16.6. The Morgan fingerprint density at radius 2 is 1.45 bits per heavy atom. The summed E-state index contributed by atoms with van der Waals surface area (Å²) < 4.78 is 6.10. The lowest BCUT2D eigenvalue weighted by atomic mass is 9.32. The van der Waals surface area contributed by atoms with Crippen molar-refractivity contribution in [2.24, 2.45) is 55.7 Å². The summed E-state index contributed by atoms with van der Waals surface area (Å²) in [6.07, 6.45) is 11.6. The molecule has 4 saturated carbocycles. The largest absolute Gasteiger partial charge is 0.481 e. The number of rotatable bonds is 5. The van der Waals surface area contributed by atoms with Gasteiger partial charge in [0, 0.05) is 5.41 Å². The minimum Gasteiger partial charge on any atom is -0.481 e. The van der Waals surface area contributed by atoms with Crippen LogP contribution in [0.3, 0.4) is 0 Å². The molecule has 0 amide bonds. The second-order valence-corrected chi connectivity index (χ2v) is 17.8. The standard InChI is InChI=1S/C36H56O6/c1-30(2)16-18-36(29(40)41)19-17-34(8)22(23(36)20-30)10-11-25-33(7)14-13-26(42-27(37)21-31(3,4)28(38)39)32(5,6)24(33)12-15-35(25,34)9/h20,22,24-26H,10-19,21H2,1-9H3,(H,38,39)(H,40,41)/t22-,24+,25-,26+,33+,34-,35-,36+/m1/s1. The Balaban J connectivity index is 1.43. The summed E-state index contributed by atoms with van der Waals surface area (Å²) in [5.74, 6) is -0.771. The molecule has 236 valence electrons.